The van der Waals surface area contributed by atoms with Crippen LogP contribution < -0.4 is 5.73 Å². The first-order valence-corrected chi connectivity index (χ1v) is 8.28. The van der Waals surface area contributed by atoms with E-state index in [1.807, 2.05) is 0 Å². The van der Waals surface area contributed by atoms with E-state index >= 15 is 0 Å². The molecule has 0 aromatic carbocycles. The average molecular weight is 317 g/mol. The van der Waals surface area contributed by atoms with Crippen molar-refractivity contribution in [2.45, 2.75) is 23.8 Å². The van der Waals surface area contributed by atoms with Crippen LogP contribution in [0.4, 0.5) is 0 Å². The van der Waals surface area contributed by atoms with Crippen LogP contribution in [0.1, 0.15) is 6.42 Å². The van der Waals surface area contributed by atoms with E-state index in [2.05, 4.69) is 10.3 Å². The highest BCUT2D eigenvalue weighted by molar-refractivity contribution is 7.89. The molecule has 3 heterocycles. The van der Waals surface area contributed by atoms with Gasteiger partial charge in [-0.25, -0.2) is 8.42 Å². The van der Waals surface area contributed by atoms with E-state index in [-0.39, 0.29) is 30.1 Å². The summed E-state index contributed by atoms with van der Waals surface area (Å²) >= 11 is 0. The Hall–Kier alpha value is -1.07. The Morgan fingerprint density at radius 2 is 2.05 bits per heavy atom. The zero-order valence-corrected chi connectivity index (χ0v) is 12.6. The van der Waals surface area contributed by atoms with Gasteiger partial charge in [0.1, 0.15) is 0 Å². The van der Waals surface area contributed by atoms with Crippen molar-refractivity contribution in [3.05, 3.63) is 6.20 Å². The molecule has 0 radical (unpaired) electrons. The van der Waals surface area contributed by atoms with Gasteiger partial charge in [0.15, 0.2) is 6.29 Å². The predicted octanol–water partition coefficient (Wildman–Crippen LogP) is -1.47. The average Bonchev–Trinajstić information content (AvgIpc) is 3.07. The van der Waals surface area contributed by atoms with E-state index in [9.17, 15) is 8.42 Å². The van der Waals surface area contributed by atoms with Gasteiger partial charge in [-0.1, -0.05) is 5.21 Å². The molecule has 0 unspecified atom stereocenters. The third kappa shape index (κ3) is 2.81. The van der Waals surface area contributed by atoms with Gasteiger partial charge in [0.25, 0.3) is 10.0 Å². The van der Waals surface area contributed by atoms with Gasteiger partial charge in [0, 0.05) is 32.1 Å². The molecule has 2 aliphatic rings. The fourth-order valence-corrected chi connectivity index (χ4v) is 4.06. The highest BCUT2D eigenvalue weighted by Gasteiger charge is 2.43. The molecule has 1 aromatic rings. The van der Waals surface area contributed by atoms with Gasteiger partial charge in [-0.05, 0) is 6.42 Å². The lowest BCUT2D eigenvalue weighted by Gasteiger charge is -2.29. The van der Waals surface area contributed by atoms with Crippen molar-refractivity contribution in [3.63, 3.8) is 0 Å². The number of nitrogens with zero attached hydrogens (tertiary/aromatic N) is 4. The first kappa shape index (κ1) is 14.9. The van der Waals surface area contributed by atoms with Crippen LogP contribution in [0.15, 0.2) is 11.2 Å². The van der Waals surface area contributed by atoms with E-state index in [1.165, 1.54) is 15.2 Å². The fraction of sp³-hybridized carbons (Fsp3) is 0.818. The van der Waals surface area contributed by atoms with Crippen LogP contribution in [0.5, 0.6) is 0 Å². The number of nitrogens with two attached hydrogens (primary N) is 1. The smallest absolute Gasteiger partial charge is 0.264 e. The first-order valence-electron chi connectivity index (χ1n) is 6.84. The zero-order chi connectivity index (χ0) is 15.0. The standard InChI is InChI=1S/C11H19N5O4S/c1-15-7-10(13-14-15)21(17,18)16-5-8(9(12)6-16)11-19-3-2-4-20-11/h7-9,11H,2-6,12H2,1H3/t8-,9+/m1/s1. The van der Waals surface area contributed by atoms with Crippen LogP contribution >= 0.6 is 0 Å². The molecular formula is C11H19N5O4S. The molecule has 0 spiro atoms. The summed E-state index contributed by atoms with van der Waals surface area (Å²) in [5, 5.41) is 7.27. The van der Waals surface area contributed by atoms with Gasteiger partial charge in [-0.3, -0.25) is 4.68 Å². The van der Waals surface area contributed by atoms with E-state index in [0.29, 0.717) is 13.2 Å². The zero-order valence-electron chi connectivity index (χ0n) is 11.8. The van der Waals surface area contributed by atoms with E-state index in [4.69, 9.17) is 15.2 Å². The van der Waals surface area contributed by atoms with Crippen LogP contribution in [0, 0.1) is 5.92 Å². The number of sulfonamides is 1. The molecule has 21 heavy (non-hydrogen) atoms. The predicted molar refractivity (Wildman–Crippen MR) is 71.5 cm³/mol. The lowest BCUT2D eigenvalue weighted by Crippen LogP contribution is -2.41. The highest BCUT2D eigenvalue weighted by atomic mass is 32.2. The topological polar surface area (TPSA) is 113 Å². The number of aromatic nitrogens is 3. The maximum Gasteiger partial charge on any atom is 0.264 e. The molecule has 10 heteroatoms. The second-order valence-electron chi connectivity index (χ2n) is 5.34. The Kier molecular flexibility index (Phi) is 3.97. The third-order valence-electron chi connectivity index (χ3n) is 3.77. The Balaban J connectivity index is 1.75. The van der Waals surface area contributed by atoms with Crippen LogP contribution in [0.2, 0.25) is 0 Å². The van der Waals surface area contributed by atoms with Crippen LogP contribution in [0.25, 0.3) is 0 Å². The number of hydrogen-bond donors (Lipinski definition) is 1. The highest BCUT2D eigenvalue weighted by Crippen LogP contribution is 2.27. The number of rotatable bonds is 3. The number of ether oxygens (including phenoxy) is 2. The van der Waals surface area contributed by atoms with Gasteiger partial charge in [0.2, 0.25) is 5.03 Å². The summed E-state index contributed by atoms with van der Waals surface area (Å²) in [7, 11) is -2.06. The second kappa shape index (κ2) is 5.61. The van der Waals surface area contributed by atoms with Gasteiger partial charge < -0.3 is 15.2 Å². The summed E-state index contributed by atoms with van der Waals surface area (Å²) in [4.78, 5) is 0. The minimum Gasteiger partial charge on any atom is -0.352 e. The summed E-state index contributed by atoms with van der Waals surface area (Å²) in [6, 6.07) is -0.320. The molecule has 2 fully saturated rings. The second-order valence-corrected chi connectivity index (χ2v) is 7.23. The van der Waals surface area contributed by atoms with Gasteiger partial charge >= 0.3 is 0 Å². The molecule has 0 saturated carbocycles. The molecule has 1 aromatic heterocycles. The van der Waals surface area contributed by atoms with E-state index in [1.54, 1.807) is 7.05 Å². The van der Waals surface area contributed by atoms with Crippen molar-refractivity contribution in [2.75, 3.05) is 26.3 Å². The molecule has 2 atom stereocenters. The van der Waals surface area contributed by atoms with Crippen LogP contribution in [0.3, 0.4) is 0 Å². The van der Waals surface area contributed by atoms with Crippen molar-refractivity contribution in [2.24, 2.45) is 18.7 Å². The van der Waals surface area contributed by atoms with Gasteiger partial charge in [-0.15, -0.1) is 5.10 Å². The summed E-state index contributed by atoms with van der Waals surface area (Å²) < 4.78 is 38.8. The lowest BCUT2D eigenvalue weighted by molar-refractivity contribution is -0.203. The lowest BCUT2D eigenvalue weighted by atomic mass is 10.0. The summed E-state index contributed by atoms with van der Waals surface area (Å²) in [5.74, 6) is -0.170. The summed E-state index contributed by atoms with van der Waals surface area (Å²) in [6.07, 6.45) is 1.79. The Labute approximate surface area is 123 Å². The number of aryl methyl sites for hydroxylation is 1. The van der Waals surface area contributed by atoms with Crippen molar-refractivity contribution in [1.82, 2.24) is 19.3 Å². The number of hydrogen-bond acceptors (Lipinski definition) is 7. The monoisotopic (exact) mass is 317 g/mol. The molecule has 2 N–H and O–H groups in total. The van der Waals surface area contributed by atoms with Crippen molar-refractivity contribution >= 4 is 10.0 Å². The SMILES string of the molecule is Cn1cc(S(=O)(=O)N2C[C@H](N)[C@H](C3OCCCO3)C2)nn1. The molecule has 3 rings (SSSR count). The van der Waals surface area contributed by atoms with Gasteiger partial charge in [0.05, 0.1) is 19.4 Å². The maximum absolute atomic E-state index is 12.5. The van der Waals surface area contributed by atoms with Crippen LogP contribution in [-0.4, -0.2) is 66.4 Å². The summed E-state index contributed by atoms with van der Waals surface area (Å²) in [5.41, 5.74) is 6.07. The van der Waals surface area contributed by atoms with Crippen molar-refractivity contribution < 1.29 is 17.9 Å². The van der Waals surface area contributed by atoms with Crippen molar-refractivity contribution in [3.8, 4) is 0 Å². The minimum atomic E-state index is -3.67. The Morgan fingerprint density at radius 3 is 2.67 bits per heavy atom. The van der Waals surface area contributed by atoms with Gasteiger partial charge in [-0.2, -0.15) is 4.31 Å². The molecule has 0 amide bonds. The third-order valence-corrected chi connectivity index (χ3v) is 5.46. The van der Waals surface area contributed by atoms with Crippen LogP contribution in [-0.2, 0) is 26.5 Å². The molecule has 9 nitrogen and oxygen atoms in total. The Morgan fingerprint density at radius 1 is 1.33 bits per heavy atom. The normalized spacial score (nSPS) is 29.0. The fourth-order valence-electron chi connectivity index (χ4n) is 2.63. The summed E-state index contributed by atoms with van der Waals surface area (Å²) in [6.45, 7) is 1.73. The Bertz CT molecular complexity index is 598. The van der Waals surface area contributed by atoms with E-state index < -0.39 is 16.3 Å². The molecule has 118 valence electrons. The maximum atomic E-state index is 12.5. The van der Waals surface area contributed by atoms with Crippen molar-refractivity contribution in [1.29, 1.82) is 0 Å². The molecule has 0 bridgehead atoms. The first-order chi connectivity index (χ1) is 9.98. The molecule has 2 aliphatic heterocycles. The van der Waals surface area contributed by atoms with E-state index in [0.717, 1.165) is 6.42 Å². The molecule has 2 saturated heterocycles. The largest absolute Gasteiger partial charge is 0.352 e. The quantitative estimate of drug-likeness (QED) is 0.724. The minimum absolute atomic E-state index is 0.0664. The molecule has 0 aliphatic carbocycles. The molecular weight excluding hydrogens is 298 g/mol.